The minimum Gasteiger partial charge on any atom is -0.489 e. The van der Waals surface area contributed by atoms with Crippen LogP contribution in [0.15, 0.2) is 40.8 Å². The molecule has 0 atom stereocenters. The predicted octanol–water partition coefficient (Wildman–Crippen LogP) is 5.46. The van der Waals surface area contributed by atoms with Crippen molar-refractivity contribution in [1.29, 1.82) is 0 Å². The Hall–Kier alpha value is -3.80. The molecule has 1 amide bonds. The summed E-state index contributed by atoms with van der Waals surface area (Å²) in [6.07, 6.45) is 2.03. The maximum Gasteiger partial charge on any atom is 0.387 e. The van der Waals surface area contributed by atoms with Crippen LogP contribution < -0.4 is 20.1 Å². The largest absolute Gasteiger partial charge is 0.489 e. The maximum absolute atomic E-state index is 14.2. The second-order valence-corrected chi connectivity index (χ2v) is 9.16. The Morgan fingerprint density at radius 3 is 2.42 bits per heavy atom. The number of anilines is 1. The zero-order valence-corrected chi connectivity index (χ0v) is 22.3. The van der Waals surface area contributed by atoms with Crippen LogP contribution in [0.4, 0.5) is 23.2 Å². The van der Waals surface area contributed by atoms with Crippen LogP contribution in [0.1, 0.15) is 42.9 Å². The van der Waals surface area contributed by atoms with Crippen LogP contribution in [-0.4, -0.2) is 55.2 Å². The summed E-state index contributed by atoms with van der Waals surface area (Å²) in [4.78, 5) is 20.9. The predicted molar refractivity (Wildman–Crippen MR) is 141 cm³/mol. The molecular weight excluding hydrogens is 532 g/mol. The van der Waals surface area contributed by atoms with Crippen LogP contribution in [0.5, 0.6) is 11.5 Å². The molecular formula is C28H32F4N4O4. The summed E-state index contributed by atoms with van der Waals surface area (Å²) >= 11 is 0. The van der Waals surface area contributed by atoms with Gasteiger partial charge in [-0.2, -0.15) is 8.78 Å². The van der Waals surface area contributed by atoms with Crippen molar-refractivity contribution < 1.29 is 36.2 Å². The van der Waals surface area contributed by atoms with Gasteiger partial charge in [-0.1, -0.05) is 13.8 Å². The highest BCUT2D eigenvalue weighted by Gasteiger charge is 2.29. The number of oxazole rings is 1. The number of piperazine rings is 1. The number of ether oxygens (including phenoxy) is 2. The van der Waals surface area contributed by atoms with Gasteiger partial charge in [-0.05, 0) is 49.1 Å². The fourth-order valence-corrected chi connectivity index (χ4v) is 4.26. The number of alkyl halides is 2. The smallest absolute Gasteiger partial charge is 0.387 e. The maximum atomic E-state index is 14.2. The fourth-order valence-electron chi connectivity index (χ4n) is 4.26. The third kappa shape index (κ3) is 6.85. The van der Waals surface area contributed by atoms with Crippen molar-refractivity contribution in [3.8, 4) is 23.0 Å². The van der Waals surface area contributed by atoms with E-state index in [1.165, 1.54) is 30.3 Å². The lowest BCUT2D eigenvalue weighted by atomic mass is 10.2. The zero-order chi connectivity index (χ0) is 28.8. The molecule has 2 fully saturated rings. The number of nitrogens with two attached hydrogens (primary N) is 1. The number of hydrogen-bond acceptors (Lipinski definition) is 7. The second kappa shape index (κ2) is 13.0. The topological polar surface area (TPSA) is 94.1 Å². The molecule has 3 aromatic rings. The first-order valence-corrected chi connectivity index (χ1v) is 13.2. The molecule has 1 aromatic heterocycles. The van der Waals surface area contributed by atoms with Gasteiger partial charge >= 0.3 is 6.61 Å². The standard InChI is InChI=1S/C26H26F4N4O4.C2H6/c27-17-4-5-19(18(28)12-17)33-7-9-34(10-8-33)25(35)23-22(13-31)37-24(32-23)16-3-6-20(38-26(29)30)21(11-16)36-14-15-1-2-15;1-2/h3-6,11-12,15,26H,1-2,7-10,13-14,31H2;1-2H3. The average molecular weight is 565 g/mol. The summed E-state index contributed by atoms with van der Waals surface area (Å²) in [7, 11) is 0. The van der Waals surface area contributed by atoms with Gasteiger partial charge in [0.05, 0.1) is 18.8 Å². The van der Waals surface area contributed by atoms with Gasteiger partial charge in [0, 0.05) is 37.8 Å². The molecule has 2 heterocycles. The van der Waals surface area contributed by atoms with Gasteiger partial charge in [-0.15, -0.1) is 0 Å². The van der Waals surface area contributed by atoms with E-state index >= 15 is 0 Å². The number of amides is 1. The molecule has 1 saturated carbocycles. The minimum absolute atomic E-state index is 0.0391. The van der Waals surface area contributed by atoms with Crippen molar-refractivity contribution in [2.45, 2.75) is 39.8 Å². The number of carbonyl (C=O) groups is 1. The SMILES string of the molecule is CC.NCc1oc(-c2ccc(OC(F)F)c(OCC3CC3)c2)nc1C(=O)N1CCN(c2ccc(F)cc2F)CC1. The molecule has 12 heteroatoms. The quantitative estimate of drug-likeness (QED) is 0.345. The Morgan fingerprint density at radius 2 is 1.80 bits per heavy atom. The van der Waals surface area contributed by atoms with Gasteiger partial charge in [0.15, 0.2) is 23.0 Å². The second-order valence-electron chi connectivity index (χ2n) is 9.16. The van der Waals surface area contributed by atoms with E-state index in [1.54, 1.807) is 9.80 Å². The number of nitrogens with zero attached hydrogens (tertiary/aromatic N) is 3. The van der Waals surface area contributed by atoms with Crippen molar-refractivity contribution >= 4 is 11.6 Å². The van der Waals surface area contributed by atoms with E-state index in [1.807, 2.05) is 13.8 Å². The van der Waals surface area contributed by atoms with Gasteiger partial charge in [0.1, 0.15) is 11.6 Å². The van der Waals surface area contributed by atoms with Gasteiger partial charge in [0.2, 0.25) is 5.89 Å². The molecule has 216 valence electrons. The summed E-state index contributed by atoms with van der Waals surface area (Å²) in [5, 5.41) is 0. The Kier molecular flexibility index (Phi) is 9.51. The summed E-state index contributed by atoms with van der Waals surface area (Å²) in [6, 6.07) is 7.69. The van der Waals surface area contributed by atoms with E-state index in [0.717, 1.165) is 18.9 Å². The lowest BCUT2D eigenvalue weighted by molar-refractivity contribution is -0.0515. The normalized spacial score (nSPS) is 15.1. The molecule has 0 unspecified atom stereocenters. The zero-order valence-electron chi connectivity index (χ0n) is 22.3. The van der Waals surface area contributed by atoms with Crippen LogP contribution in [0, 0.1) is 17.6 Å². The Labute approximate surface area is 229 Å². The van der Waals surface area contributed by atoms with Crippen molar-refractivity contribution in [3.63, 3.8) is 0 Å². The Balaban J connectivity index is 0.00000181. The highest BCUT2D eigenvalue weighted by atomic mass is 19.3. The number of aromatic nitrogens is 1. The van der Waals surface area contributed by atoms with Gasteiger partial charge in [0.25, 0.3) is 5.91 Å². The highest BCUT2D eigenvalue weighted by molar-refractivity contribution is 5.94. The van der Waals surface area contributed by atoms with Crippen LogP contribution in [0.2, 0.25) is 0 Å². The third-order valence-electron chi connectivity index (χ3n) is 6.48. The van der Waals surface area contributed by atoms with Gasteiger partial charge < -0.3 is 29.4 Å². The first kappa shape index (κ1) is 29.2. The lowest BCUT2D eigenvalue weighted by Crippen LogP contribution is -2.49. The summed E-state index contributed by atoms with van der Waals surface area (Å²) in [6.45, 7) is 2.50. The number of benzene rings is 2. The molecule has 1 aliphatic carbocycles. The number of halogens is 4. The minimum atomic E-state index is -3.01. The molecule has 0 bridgehead atoms. The third-order valence-corrected chi connectivity index (χ3v) is 6.48. The van der Waals surface area contributed by atoms with E-state index in [9.17, 15) is 22.4 Å². The monoisotopic (exact) mass is 564 g/mol. The van der Waals surface area contributed by atoms with Crippen LogP contribution >= 0.6 is 0 Å². The van der Waals surface area contributed by atoms with E-state index in [0.29, 0.717) is 31.2 Å². The summed E-state index contributed by atoms with van der Waals surface area (Å²) in [5.41, 5.74) is 6.53. The summed E-state index contributed by atoms with van der Waals surface area (Å²) < 4.78 is 69.2. The van der Waals surface area contributed by atoms with E-state index < -0.39 is 24.2 Å². The molecule has 0 spiro atoms. The molecule has 0 radical (unpaired) electrons. The molecule has 1 aliphatic heterocycles. The first-order chi connectivity index (χ1) is 19.3. The molecule has 5 rings (SSSR count). The molecule has 40 heavy (non-hydrogen) atoms. The number of carbonyl (C=O) groups excluding carboxylic acids is 1. The van der Waals surface area contributed by atoms with E-state index in [4.69, 9.17) is 14.9 Å². The molecule has 1 saturated heterocycles. The number of hydrogen-bond donors (Lipinski definition) is 1. The average Bonchev–Trinajstić information content (AvgIpc) is 3.69. The molecule has 8 nitrogen and oxygen atoms in total. The first-order valence-electron chi connectivity index (χ1n) is 13.2. The van der Waals surface area contributed by atoms with E-state index in [-0.39, 0.29) is 54.2 Å². The molecule has 2 aromatic carbocycles. The number of rotatable bonds is 9. The van der Waals surface area contributed by atoms with E-state index in [2.05, 4.69) is 9.72 Å². The fraction of sp³-hybridized carbons (Fsp3) is 0.429. The molecule has 2 aliphatic rings. The van der Waals surface area contributed by atoms with Crippen molar-refractivity contribution in [3.05, 3.63) is 59.5 Å². The Bertz CT molecular complexity index is 1310. The van der Waals surface area contributed by atoms with Crippen molar-refractivity contribution in [2.24, 2.45) is 11.7 Å². The lowest BCUT2D eigenvalue weighted by Gasteiger charge is -2.36. The van der Waals surface area contributed by atoms with Crippen LogP contribution in [0.25, 0.3) is 11.5 Å². The van der Waals surface area contributed by atoms with Gasteiger partial charge in [-0.25, -0.2) is 13.8 Å². The summed E-state index contributed by atoms with van der Waals surface area (Å²) in [5.74, 6) is -1.07. The van der Waals surface area contributed by atoms with Gasteiger partial charge in [-0.3, -0.25) is 4.79 Å². The Morgan fingerprint density at radius 1 is 1.07 bits per heavy atom. The highest BCUT2D eigenvalue weighted by Crippen LogP contribution is 2.37. The van der Waals surface area contributed by atoms with Crippen molar-refractivity contribution in [1.82, 2.24) is 9.88 Å². The van der Waals surface area contributed by atoms with Crippen molar-refractivity contribution in [2.75, 3.05) is 37.7 Å². The molecule has 2 N–H and O–H groups in total. The van der Waals surface area contributed by atoms with Crippen LogP contribution in [0.3, 0.4) is 0 Å². The van der Waals surface area contributed by atoms with Crippen LogP contribution in [-0.2, 0) is 6.54 Å².